The molecule has 3 nitrogen and oxygen atoms in total. The van der Waals surface area contributed by atoms with Crippen LogP contribution in [0.1, 0.15) is 47.8 Å². The van der Waals surface area contributed by atoms with Gasteiger partial charge in [-0.05, 0) is 30.0 Å². The molecule has 0 spiro atoms. The molecule has 20 heavy (non-hydrogen) atoms. The zero-order valence-corrected chi connectivity index (χ0v) is 13.2. The zero-order valence-electron chi connectivity index (χ0n) is 12.3. The quantitative estimate of drug-likeness (QED) is 0.878. The minimum absolute atomic E-state index is 0.405. The van der Waals surface area contributed by atoms with Crippen molar-refractivity contribution in [2.24, 2.45) is 5.73 Å². The lowest BCUT2D eigenvalue weighted by Gasteiger charge is -2.04. The molecule has 1 aromatic heterocycles. The van der Waals surface area contributed by atoms with Crippen LogP contribution in [0.2, 0.25) is 0 Å². The number of ether oxygens (including phenoxy) is 1. The van der Waals surface area contributed by atoms with Gasteiger partial charge in [0.15, 0.2) is 0 Å². The van der Waals surface area contributed by atoms with Gasteiger partial charge in [0.2, 0.25) is 0 Å². The molecule has 0 saturated carbocycles. The van der Waals surface area contributed by atoms with E-state index < -0.39 is 0 Å². The van der Waals surface area contributed by atoms with Gasteiger partial charge in [-0.2, -0.15) is 0 Å². The van der Waals surface area contributed by atoms with Crippen LogP contribution < -0.4 is 10.5 Å². The van der Waals surface area contributed by atoms with E-state index in [1.54, 1.807) is 11.3 Å². The smallest absolute Gasteiger partial charge is 0.140 e. The lowest BCUT2D eigenvalue weighted by molar-refractivity contribution is 0.305. The average Bonchev–Trinajstić information content (AvgIpc) is 2.89. The second kappa shape index (κ2) is 6.86. The molecule has 4 heteroatoms. The van der Waals surface area contributed by atoms with Gasteiger partial charge in [-0.25, -0.2) is 4.98 Å². The Balaban J connectivity index is 2.02. The highest BCUT2D eigenvalue weighted by Crippen LogP contribution is 2.25. The van der Waals surface area contributed by atoms with Crippen molar-refractivity contribution < 1.29 is 4.74 Å². The van der Waals surface area contributed by atoms with Crippen molar-refractivity contribution in [1.82, 2.24) is 4.98 Å². The summed E-state index contributed by atoms with van der Waals surface area (Å²) in [4.78, 5) is 5.81. The number of aryl methyl sites for hydroxylation is 1. The molecule has 1 aromatic carbocycles. The van der Waals surface area contributed by atoms with Crippen LogP contribution >= 0.6 is 11.3 Å². The molecule has 0 aliphatic heterocycles. The molecule has 2 rings (SSSR count). The summed E-state index contributed by atoms with van der Waals surface area (Å²) >= 11 is 1.65. The lowest BCUT2D eigenvalue weighted by atomic mass is 10.1. The van der Waals surface area contributed by atoms with Crippen molar-refractivity contribution in [2.45, 2.75) is 46.3 Å². The summed E-state index contributed by atoms with van der Waals surface area (Å²) in [6, 6.07) is 8.23. The zero-order chi connectivity index (χ0) is 14.5. The van der Waals surface area contributed by atoms with E-state index in [0.717, 1.165) is 22.9 Å². The van der Waals surface area contributed by atoms with Crippen LogP contribution in [-0.2, 0) is 19.6 Å². The van der Waals surface area contributed by atoms with Gasteiger partial charge >= 0.3 is 0 Å². The van der Waals surface area contributed by atoms with Crippen molar-refractivity contribution >= 4 is 11.3 Å². The van der Waals surface area contributed by atoms with Gasteiger partial charge < -0.3 is 10.5 Å². The van der Waals surface area contributed by atoms with Gasteiger partial charge in [0.1, 0.15) is 17.4 Å². The summed E-state index contributed by atoms with van der Waals surface area (Å²) < 4.78 is 5.79. The first-order chi connectivity index (χ1) is 9.63. The third-order valence-corrected chi connectivity index (χ3v) is 4.26. The van der Waals surface area contributed by atoms with E-state index >= 15 is 0 Å². The van der Waals surface area contributed by atoms with Crippen molar-refractivity contribution in [3.8, 4) is 5.75 Å². The minimum Gasteiger partial charge on any atom is -0.486 e. The Morgan fingerprint density at radius 3 is 2.45 bits per heavy atom. The third-order valence-electron chi connectivity index (χ3n) is 3.20. The van der Waals surface area contributed by atoms with Gasteiger partial charge in [0, 0.05) is 11.4 Å². The average molecular weight is 290 g/mol. The number of benzene rings is 1. The van der Waals surface area contributed by atoms with E-state index in [9.17, 15) is 0 Å². The number of hydrogen-bond acceptors (Lipinski definition) is 4. The van der Waals surface area contributed by atoms with Gasteiger partial charge in [0.25, 0.3) is 0 Å². The number of rotatable bonds is 6. The van der Waals surface area contributed by atoms with Crippen molar-refractivity contribution in [1.29, 1.82) is 0 Å². The van der Waals surface area contributed by atoms with Gasteiger partial charge in [-0.15, -0.1) is 11.3 Å². The number of thiazole rings is 1. The normalized spacial score (nSPS) is 11.1. The Hall–Kier alpha value is -1.39. The molecule has 1 heterocycles. The standard InChI is InChI=1S/C16H22N2OS/c1-4-12-5-7-13(8-6-12)19-10-15-18-16(11(2)3)14(9-17)20-15/h5-8,11H,4,9-10,17H2,1-3H3. The van der Waals surface area contributed by atoms with Crippen LogP contribution in [0, 0.1) is 0 Å². The fourth-order valence-corrected chi connectivity index (χ4v) is 3.06. The summed E-state index contributed by atoms with van der Waals surface area (Å²) in [5, 5.41) is 0.994. The molecule has 108 valence electrons. The largest absolute Gasteiger partial charge is 0.486 e. The molecule has 0 saturated heterocycles. The van der Waals surface area contributed by atoms with Crippen molar-refractivity contribution in [3.05, 3.63) is 45.4 Å². The van der Waals surface area contributed by atoms with Crippen LogP contribution in [0.5, 0.6) is 5.75 Å². The summed E-state index contributed by atoms with van der Waals surface area (Å²) in [5.41, 5.74) is 8.20. The SMILES string of the molecule is CCc1ccc(OCc2nc(C(C)C)c(CN)s2)cc1. The molecule has 0 bridgehead atoms. The van der Waals surface area contributed by atoms with Crippen LogP contribution in [-0.4, -0.2) is 4.98 Å². The second-order valence-electron chi connectivity index (χ2n) is 5.06. The van der Waals surface area contributed by atoms with E-state index in [4.69, 9.17) is 10.5 Å². The molecule has 0 fully saturated rings. The molecule has 0 aliphatic carbocycles. The fraction of sp³-hybridized carbons (Fsp3) is 0.438. The maximum atomic E-state index is 5.79. The first kappa shape index (κ1) is 15.0. The minimum atomic E-state index is 0.405. The molecule has 0 amide bonds. The van der Waals surface area contributed by atoms with Crippen molar-refractivity contribution in [2.75, 3.05) is 0 Å². The second-order valence-corrected chi connectivity index (χ2v) is 6.23. The van der Waals surface area contributed by atoms with Crippen LogP contribution in [0.15, 0.2) is 24.3 Å². The van der Waals surface area contributed by atoms with E-state index in [1.165, 1.54) is 10.4 Å². The number of nitrogens with zero attached hydrogens (tertiary/aromatic N) is 1. The Kier molecular flexibility index (Phi) is 5.15. The fourth-order valence-electron chi connectivity index (χ4n) is 2.04. The molecular weight excluding hydrogens is 268 g/mol. The van der Waals surface area contributed by atoms with Crippen molar-refractivity contribution in [3.63, 3.8) is 0 Å². The summed E-state index contributed by atoms with van der Waals surface area (Å²) in [7, 11) is 0. The first-order valence-electron chi connectivity index (χ1n) is 7.04. The molecule has 0 aliphatic rings. The monoisotopic (exact) mass is 290 g/mol. The summed E-state index contributed by atoms with van der Waals surface area (Å²) in [6.07, 6.45) is 1.05. The Morgan fingerprint density at radius 2 is 1.95 bits per heavy atom. The van der Waals surface area contributed by atoms with E-state index in [1.807, 2.05) is 12.1 Å². The van der Waals surface area contributed by atoms with Crippen LogP contribution in [0.4, 0.5) is 0 Å². The molecule has 2 N–H and O–H groups in total. The Morgan fingerprint density at radius 1 is 1.25 bits per heavy atom. The Labute approximate surface area is 124 Å². The predicted molar refractivity (Wildman–Crippen MR) is 84.2 cm³/mol. The number of nitrogens with two attached hydrogens (primary N) is 1. The third kappa shape index (κ3) is 3.58. The first-order valence-corrected chi connectivity index (χ1v) is 7.86. The highest BCUT2D eigenvalue weighted by Gasteiger charge is 2.13. The molecule has 0 atom stereocenters. The van der Waals surface area contributed by atoms with E-state index in [0.29, 0.717) is 19.1 Å². The highest BCUT2D eigenvalue weighted by molar-refractivity contribution is 7.11. The lowest BCUT2D eigenvalue weighted by Crippen LogP contribution is -2.00. The Bertz CT molecular complexity index is 546. The van der Waals surface area contributed by atoms with Gasteiger partial charge in [-0.1, -0.05) is 32.9 Å². The van der Waals surface area contributed by atoms with Gasteiger partial charge in [0.05, 0.1) is 5.69 Å². The summed E-state index contributed by atoms with van der Waals surface area (Å²) in [5.74, 6) is 1.29. The number of aromatic nitrogens is 1. The molecular formula is C16H22N2OS. The molecule has 0 radical (unpaired) electrons. The highest BCUT2D eigenvalue weighted by atomic mass is 32.1. The van der Waals surface area contributed by atoms with Crippen LogP contribution in [0.25, 0.3) is 0 Å². The molecule has 0 unspecified atom stereocenters. The maximum Gasteiger partial charge on any atom is 0.140 e. The summed E-state index contributed by atoms with van der Waals surface area (Å²) in [6.45, 7) is 7.49. The predicted octanol–water partition coefficient (Wildman–Crippen LogP) is 3.87. The topological polar surface area (TPSA) is 48.1 Å². The van der Waals surface area contributed by atoms with Gasteiger partial charge in [-0.3, -0.25) is 0 Å². The number of hydrogen-bond donors (Lipinski definition) is 1. The molecule has 2 aromatic rings. The van der Waals surface area contributed by atoms with E-state index in [2.05, 4.69) is 37.9 Å². The van der Waals surface area contributed by atoms with E-state index in [-0.39, 0.29) is 0 Å². The van der Waals surface area contributed by atoms with Crippen LogP contribution in [0.3, 0.4) is 0 Å². The maximum absolute atomic E-state index is 5.79.